The molecule has 0 fully saturated rings. The van der Waals surface area contributed by atoms with Crippen molar-refractivity contribution in [1.29, 1.82) is 0 Å². The van der Waals surface area contributed by atoms with Gasteiger partial charge in [0.1, 0.15) is 6.61 Å². The van der Waals surface area contributed by atoms with Gasteiger partial charge in [-0.25, -0.2) is 4.79 Å². The van der Waals surface area contributed by atoms with Gasteiger partial charge in [0, 0.05) is 0 Å². The Morgan fingerprint density at radius 1 is 1.00 bits per heavy atom. The molecular weight excluding hydrogens is 325 g/mol. The van der Waals surface area contributed by atoms with Crippen LogP contribution in [0.15, 0.2) is 42.5 Å². The van der Waals surface area contributed by atoms with Crippen molar-refractivity contribution in [2.24, 2.45) is 0 Å². The predicted molar refractivity (Wildman–Crippen MR) is 80.1 cm³/mol. The Hall–Kier alpha value is -2.70. The molecule has 0 aliphatic rings. The molecule has 0 heterocycles. The molecule has 0 N–H and O–H groups in total. The number of alkyl halides is 3. The number of methoxy groups -OCH3 is 2. The molecule has 0 spiro atoms. The first-order valence-electron chi connectivity index (χ1n) is 6.90. The lowest BCUT2D eigenvalue weighted by Crippen LogP contribution is -2.05. The van der Waals surface area contributed by atoms with Crippen molar-refractivity contribution in [3.05, 3.63) is 59.2 Å². The normalized spacial score (nSPS) is 11.0. The molecule has 24 heavy (non-hydrogen) atoms. The second-order valence-corrected chi connectivity index (χ2v) is 4.84. The summed E-state index contributed by atoms with van der Waals surface area (Å²) in [6, 6.07) is 9.20. The van der Waals surface area contributed by atoms with Gasteiger partial charge in [0.25, 0.3) is 0 Å². The summed E-state index contributed by atoms with van der Waals surface area (Å²) in [6.07, 6.45) is -4.37. The zero-order chi connectivity index (χ0) is 17.7. The van der Waals surface area contributed by atoms with E-state index in [1.165, 1.54) is 44.6 Å². The number of halogens is 3. The Morgan fingerprint density at radius 2 is 1.67 bits per heavy atom. The monoisotopic (exact) mass is 340 g/mol. The van der Waals surface area contributed by atoms with Gasteiger partial charge >= 0.3 is 12.1 Å². The highest BCUT2D eigenvalue weighted by Gasteiger charge is 2.29. The standard InChI is InChI=1S/C17H15F3O4/c1-22-15-9-12(16(21)23-2)5-8-14(15)24-10-11-3-6-13(7-4-11)17(18,19)20/h3-9H,10H2,1-2H3. The highest BCUT2D eigenvalue weighted by Crippen LogP contribution is 2.31. The molecule has 2 rings (SSSR count). The molecular formula is C17H15F3O4. The Labute approximate surface area is 136 Å². The molecule has 2 aromatic carbocycles. The number of rotatable bonds is 5. The second kappa shape index (κ2) is 7.25. The molecule has 0 saturated heterocycles. The highest BCUT2D eigenvalue weighted by molar-refractivity contribution is 5.90. The van der Waals surface area contributed by atoms with Crippen molar-refractivity contribution in [3.63, 3.8) is 0 Å². The van der Waals surface area contributed by atoms with E-state index in [9.17, 15) is 18.0 Å². The summed E-state index contributed by atoms with van der Waals surface area (Å²) in [5.74, 6) is 0.178. The molecule has 0 radical (unpaired) electrons. The van der Waals surface area contributed by atoms with E-state index in [4.69, 9.17) is 9.47 Å². The molecule has 2 aromatic rings. The van der Waals surface area contributed by atoms with Gasteiger partial charge in [-0.3, -0.25) is 0 Å². The van der Waals surface area contributed by atoms with E-state index in [2.05, 4.69) is 4.74 Å². The minimum atomic E-state index is -4.37. The number of benzene rings is 2. The van der Waals surface area contributed by atoms with Gasteiger partial charge in [0.15, 0.2) is 11.5 Å². The lowest BCUT2D eigenvalue weighted by molar-refractivity contribution is -0.137. The van der Waals surface area contributed by atoms with Gasteiger partial charge in [-0.15, -0.1) is 0 Å². The molecule has 128 valence electrons. The Balaban J connectivity index is 2.10. The fraction of sp³-hybridized carbons (Fsp3) is 0.235. The van der Waals surface area contributed by atoms with E-state index in [0.717, 1.165) is 12.1 Å². The summed E-state index contributed by atoms with van der Waals surface area (Å²) in [5.41, 5.74) is 0.157. The third kappa shape index (κ3) is 4.18. The van der Waals surface area contributed by atoms with Gasteiger partial charge < -0.3 is 14.2 Å². The van der Waals surface area contributed by atoms with Crippen LogP contribution < -0.4 is 9.47 Å². The molecule has 0 atom stereocenters. The maximum atomic E-state index is 12.5. The summed E-state index contributed by atoms with van der Waals surface area (Å²) >= 11 is 0. The molecule has 0 amide bonds. The molecule has 7 heteroatoms. The minimum absolute atomic E-state index is 0.0616. The van der Waals surface area contributed by atoms with E-state index in [0.29, 0.717) is 22.6 Å². The number of esters is 1. The van der Waals surface area contributed by atoms with Crippen LogP contribution in [-0.4, -0.2) is 20.2 Å². The molecule has 0 aromatic heterocycles. The van der Waals surface area contributed by atoms with E-state index >= 15 is 0 Å². The predicted octanol–water partition coefficient (Wildman–Crippen LogP) is 4.08. The Morgan fingerprint density at radius 3 is 2.21 bits per heavy atom. The lowest BCUT2D eigenvalue weighted by atomic mass is 10.1. The summed E-state index contributed by atoms with van der Waals surface area (Å²) in [5, 5.41) is 0. The summed E-state index contributed by atoms with van der Waals surface area (Å²) in [4.78, 5) is 11.5. The van der Waals surface area contributed by atoms with Crippen LogP contribution in [0.25, 0.3) is 0 Å². The van der Waals surface area contributed by atoms with Crippen molar-refractivity contribution < 1.29 is 32.2 Å². The van der Waals surface area contributed by atoms with E-state index in [1.54, 1.807) is 0 Å². The van der Waals surface area contributed by atoms with Crippen molar-refractivity contribution in [2.45, 2.75) is 12.8 Å². The largest absolute Gasteiger partial charge is 0.493 e. The molecule has 0 aliphatic carbocycles. The fourth-order valence-electron chi connectivity index (χ4n) is 1.98. The third-order valence-electron chi connectivity index (χ3n) is 3.26. The summed E-state index contributed by atoms with van der Waals surface area (Å²) in [7, 11) is 2.69. The minimum Gasteiger partial charge on any atom is -0.493 e. The number of hydrogen-bond acceptors (Lipinski definition) is 4. The quantitative estimate of drug-likeness (QED) is 0.770. The molecule has 0 unspecified atom stereocenters. The Bertz CT molecular complexity index is 709. The van der Waals surface area contributed by atoms with Crippen LogP contribution in [-0.2, 0) is 17.5 Å². The number of ether oxygens (including phenoxy) is 3. The van der Waals surface area contributed by atoms with Crippen molar-refractivity contribution in [3.8, 4) is 11.5 Å². The van der Waals surface area contributed by atoms with Gasteiger partial charge in [-0.2, -0.15) is 13.2 Å². The van der Waals surface area contributed by atoms with Crippen LogP contribution in [0.3, 0.4) is 0 Å². The van der Waals surface area contributed by atoms with Crippen molar-refractivity contribution in [1.82, 2.24) is 0 Å². The first-order valence-corrected chi connectivity index (χ1v) is 6.90. The van der Waals surface area contributed by atoms with Gasteiger partial charge in [-0.1, -0.05) is 12.1 Å². The zero-order valence-corrected chi connectivity index (χ0v) is 13.0. The number of carbonyl (C=O) groups is 1. The zero-order valence-electron chi connectivity index (χ0n) is 13.0. The van der Waals surface area contributed by atoms with Crippen LogP contribution in [0.2, 0.25) is 0 Å². The second-order valence-electron chi connectivity index (χ2n) is 4.84. The van der Waals surface area contributed by atoms with Crippen LogP contribution >= 0.6 is 0 Å². The van der Waals surface area contributed by atoms with Gasteiger partial charge in [0.2, 0.25) is 0 Å². The smallest absolute Gasteiger partial charge is 0.416 e. The van der Waals surface area contributed by atoms with Crippen LogP contribution in [0.5, 0.6) is 11.5 Å². The molecule has 0 aliphatic heterocycles. The van der Waals surface area contributed by atoms with E-state index < -0.39 is 17.7 Å². The third-order valence-corrected chi connectivity index (χ3v) is 3.26. The van der Waals surface area contributed by atoms with Crippen LogP contribution in [0.1, 0.15) is 21.5 Å². The molecule has 0 bridgehead atoms. The van der Waals surface area contributed by atoms with E-state index in [1.807, 2.05) is 0 Å². The molecule has 4 nitrogen and oxygen atoms in total. The maximum Gasteiger partial charge on any atom is 0.416 e. The van der Waals surface area contributed by atoms with Crippen molar-refractivity contribution >= 4 is 5.97 Å². The number of carbonyl (C=O) groups excluding carboxylic acids is 1. The summed E-state index contributed by atoms with van der Waals surface area (Å²) in [6.45, 7) is 0.0616. The SMILES string of the molecule is COC(=O)c1ccc(OCc2ccc(C(F)(F)F)cc2)c(OC)c1. The van der Waals surface area contributed by atoms with Crippen LogP contribution in [0, 0.1) is 0 Å². The fourth-order valence-corrected chi connectivity index (χ4v) is 1.98. The lowest BCUT2D eigenvalue weighted by Gasteiger charge is -2.12. The topological polar surface area (TPSA) is 44.8 Å². The first kappa shape index (κ1) is 17.7. The summed E-state index contributed by atoms with van der Waals surface area (Å²) < 4.78 is 52.9. The average molecular weight is 340 g/mol. The first-order chi connectivity index (χ1) is 11.3. The average Bonchev–Trinajstić information content (AvgIpc) is 2.58. The number of hydrogen-bond donors (Lipinski definition) is 0. The van der Waals surface area contributed by atoms with E-state index in [-0.39, 0.29) is 6.61 Å². The molecule has 0 saturated carbocycles. The van der Waals surface area contributed by atoms with Crippen LogP contribution in [0.4, 0.5) is 13.2 Å². The maximum absolute atomic E-state index is 12.5. The Kier molecular flexibility index (Phi) is 5.33. The highest BCUT2D eigenvalue weighted by atomic mass is 19.4. The van der Waals surface area contributed by atoms with Gasteiger partial charge in [-0.05, 0) is 35.9 Å². The van der Waals surface area contributed by atoms with Gasteiger partial charge in [0.05, 0.1) is 25.3 Å². The van der Waals surface area contributed by atoms with Crippen molar-refractivity contribution in [2.75, 3.05) is 14.2 Å².